The van der Waals surface area contributed by atoms with E-state index >= 15 is 0 Å². The maximum Gasteiger partial charge on any atom is 0.406 e. The molecule has 5 N–H and O–H groups in total. The van der Waals surface area contributed by atoms with Gasteiger partial charge < -0.3 is 31.0 Å². The predicted molar refractivity (Wildman–Crippen MR) is 144 cm³/mol. The first kappa shape index (κ1) is 27.2. The summed E-state index contributed by atoms with van der Waals surface area (Å²) in [5, 5.41) is 9.88. The van der Waals surface area contributed by atoms with Crippen molar-refractivity contribution in [3.05, 3.63) is 53.7 Å². The summed E-state index contributed by atoms with van der Waals surface area (Å²) in [6, 6.07) is 12.4. The molecule has 202 valence electrons. The Morgan fingerprint density at radius 2 is 1.89 bits per heavy atom. The highest BCUT2D eigenvalue weighted by atomic mass is 19.4. The first-order valence-electron chi connectivity index (χ1n) is 12.5. The fourth-order valence-electron chi connectivity index (χ4n) is 4.74. The van der Waals surface area contributed by atoms with E-state index in [9.17, 15) is 18.0 Å². The zero-order valence-corrected chi connectivity index (χ0v) is 21.4. The minimum absolute atomic E-state index is 0.163. The van der Waals surface area contributed by atoms with E-state index in [1.807, 2.05) is 6.07 Å². The first-order valence-corrected chi connectivity index (χ1v) is 12.5. The fourth-order valence-corrected chi connectivity index (χ4v) is 4.74. The van der Waals surface area contributed by atoms with Gasteiger partial charge in [0.05, 0.1) is 30.6 Å². The standard InChI is InChI=1S/C28H32F3N5O2/c1-33-27(37)18-8-13-24(26(15-18)38-2)34-14-4-5-21-16-22-23(35-20-11-9-19(32)10-12-20)6-3-7-25(22)36(21)17-28(29,30)31/h3,6-8,13,15-16,19-20,34-35H,9-12,14,17,32H2,1-2H3,(H,33,37). The number of amides is 1. The van der Waals surface area contributed by atoms with Crippen molar-refractivity contribution < 1.29 is 22.7 Å². The van der Waals surface area contributed by atoms with E-state index in [1.165, 1.54) is 11.7 Å². The molecule has 1 aliphatic rings. The molecule has 0 radical (unpaired) electrons. The molecule has 1 heterocycles. The number of benzene rings is 2. The topological polar surface area (TPSA) is 93.3 Å². The van der Waals surface area contributed by atoms with Gasteiger partial charge in [-0.05, 0) is 68.0 Å². The SMILES string of the molecule is CNC(=O)c1ccc(NCC#Cc2cc3c(NC4CCC(N)CC4)cccc3n2CC(F)(F)F)c(OC)c1. The van der Waals surface area contributed by atoms with Crippen molar-refractivity contribution in [3.8, 4) is 17.6 Å². The molecular weight excluding hydrogens is 495 g/mol. The van der Waals surface area contributed by atoms with Crippen LogP contribution in [0.3, 0.4) is 0 Å². The second kappa shape index (κ2) is 11.7. The molecule has 1 aromatic heterocycles. The van der Waals surface area contributed by atoms with Gasteiger partial charge in [0.25, 0.3) is 5.91 Å². The van der Waals surface area contributed by atoms with Crippen LogP contribution in [0, 0.1) is 11.8 Å². The molecule has 1 saturated carbocycles. The van der Waals surface area contributed by atoms with Crippen LogP contribution in [0.25, 0.3) is 10.9 Å². The molecule has 0 unspecified atom stereocenters. The molecule has 0 aliphatic heterocycles. The summed E-state index contributed by atoms with van der Waals surface area (Å²) in [7, 11) is 3.03. The number of methoxy groups -OCH3 is 1. The van der Waals surface area contributed by atoms with Crippen molar-refractivity contribution in [2.24, 2.45) is 5.73 Å². The highest BCUT2D eigenvalue weighted by Gasteiger charge is 2.30. The third-order valence-corrected chi connectivity index (χ3v) is 6.69. The molecule has 2 aromatic carbocycles. The minimum Gasteiger partial charge on any atom is -0.495 e. The Balaban J connectivity index is 1.58. The number of hydrogen-bond donors (Lipinski definition) is 4. The number of halogens is 3. The molecule has 1 fully saturated rings. The number of carbonyl (C=O) groups excluding carboxylic acids is 1. The summed E-state index contributed by atoms with van der Waals surface area (Å²) >= 11 is 0. The van der Waals surface area contributed by atoms with E-state index in [4.69, 9.17) is 10.5 Å². The van der Waals surface area contributed by atoms with E-state index < -0.39 is 12.7 Å². The van der Waals surface area contributed by atoms with Crippen LogP contribution in [0.4, 0.5) is 24.5 Å². The second-order valence-electron chi connectivity index (χ2n) is 9.37. The Hall–Kier alpha value is -3.84. The minimum atomic E-state index is -4.40. The smallest absolute Gasteiger partial charge is 0.406 e. The molecule has 1 aliphatic carbocycles. The zero-order chi connectivity index (χ0) is 27.3. The molecule has 4 rings (SSSR count). The summed E-state index contributed by atoms with van der Waals surface area (Å²) < 4.78 is 47.0. The van der Waals surface area contributed by atoms with E-state index in [2.05, 4.69) is 27.8 Å². The van der Waals surface area contributed by atoms with Crippen LogP contribution in [0.15, 0.2) is 42.5 Å². The van der Waals surface area contributed by atoms with Gasteiger partial charge in [-0.2, -0.15) is 13.2 Å². The summed E-state index contributed by atoms with van der Waals surface area (Å²) in [4.78, 5) is 11.9. The molecule has 38 heavy (non-hydrogen) atoms. The van der Waals surface area contributed by atoms with Gasteiger partial charge in [-0.15, -0.1) is 0 Å². The van der Waals surface area contributed by atoms with Crippen molar-refractivity contribution in [2.75, 3.05) is 31.3 Å². The lowest BCUT2D eigenvalue weighted by molar-refractivity contribution is -0.140. The van der Waals surface area contributed by atoms with Gasteiger partial charge in [-0.1, -0.05) is 12.0 Å². The third kappa shape index (κ3) is 6.53. The van der Waals surface area contributed by atoms with Gasteiger partial charge in [-0.25, -0.2) is 0 Å². The fraction of sp³-hybridized carbons (Fsp3) is 0.393. The number of fused-ring (bicyclic) bond motifs is 1. The number of rotatable bonds is 7. The number of nitrogens with two attached hydrogens (primary N) is 1. The van der Waals surface area contributed by atoms with Crippen LogP contribution in [-0.4, -0.2) is 49.4 Å². The van der Waals surface area contributed by atoms with Crippen molar-refractivity contribution in [1.82, 2.24) is 9.88 Å². The van der Waals surface area contributed by atoms with Gasteiger partial charge >= 0.3 is 6.18 Å². The van der Waals surface area contributed by atoms with Gasteiger partial charge in [0.1, 0.15) is 12.3 Å². The van der Waals surface area contributed by atoms with Crippen LogP contribution in [0.5, 0.6) is 5.75 Å². The molecule has 0 atom stereocenters. The molecular formula is C28H32F3N5O2. The van der Waals surface area contributed by atoms with Gasteiger partial charge in [0.15, 0.2) is 0 Å². The Kier molecular flexibility index (Phi) is 8.37. The maximum atomic E-state index is 13.5. The molecule has 7 nitrogen and oxygen atoms in total. The lowest BCUT2D eigenvalue weighted by Gasteiger charge is -2.28. The lowest BCUT2D eigenvalue weighted by atomic mass is 9.91. The van der Waals surface area contributed by atoms with Crippen molar-refractivity contribution in [2.45, 2.75) is 50.5 Å². The number of nitrogens with one attached hydrogen (secondary N) is 3. The van der Waals surface area contributed by atoms with Crippen molar-refractivity contribution in [3.63, 3.8) is 0 Å². The molecule has 1 amide bonds. The van der Waals surface area contributed by atoms with Crippen LogP contribution >= 0.6 is 0 Å². The predicted octanol–water partition coefficient (Wildman–Crippen LogP) is 4.72. The highest BCUT2D eigenvalue weighted by molar-refractivity contribution is 5.95. The third-order valence-electron chi connectivity index (χ3n) is 6.69. The lowest BCUT2D eigenvalue weighted by Crippen LogP contribution is -2.32. The number of aromatic nitrogens is 1. The van der Waals surface area contributed by atoms with Crippen molar-refractivity contribution in [1.29, 1.82) is 0 Å². The Labute approximate surface area is 219 Å². The maximum absolute atomic E-state index is 13.5. The summed E-state index contributed by atoms with van der Waals surface area (Å²) in [6.45, 7) is -0.971. The molecule has 0 saturated heterocycles. The molecule has 0 bridgehead atoms. The van der Waals surface area contributed by atoms with E-state index in [1.54, 1.807) is 43.4 Å². The number of hydrogen-bond acceptors (Lipinski definition) is 5. The van der Waals surface area contributed by atoms with Crippen LogP contribution in [0.1, 0.15) is 41.7 Å². The molecule has 0 spiro atoms. The van der Waals surface area contributed by atoms with Gasteiger partial charge in [0, 0.05) is 35.8 Å². The zero-order valence-electron chi connectivity index (χ0n) is 21.4. The van der Waals surface area contributed by atoms with E-state index in [0.29, 0.717) is 27.9 Å². The highest BCUT2D eigenvalue weighted by Crippen LogP contribution is 2.32. The van der Waals surface area contributed by atoms with E-state index in [-0.39, 0.29) is 30.2 Å². The summed E-state index contributed by atoms with van der Waals surface area (Å²) in [5.74, 6) is 6.05. The van der Waals surface area contributed by atoms with E-state index in [0.717, 1.165) is 31.4 Å². The van der Waals surface area contributed by atoms with Crippen molar-refractivity contribution >= 4 is 28.2 Å². The quantitative estimate of drug-likeness (QED) is 0.334. The number of carbonyl (C=O) groups is 1. The number of alkyl halides is 3. The first-order chi connectivity index (χ1) is 18.2. The van der Waals surface area contributed by atoms with Crippen LogP contribution in [0.2, 0.25) is 0 Å². The van der Waals surface area contributed by atoms with Crippen LogP contribution in [-0.2, 0) is 6.54 Å². The average molecular weight is 528 g/mol. The Morgan fingerprint density at radius 1 is 1.13 bits per heavy atom. The Bertz CT molecular complexity index is 1350. The van der Waals surface area contributed by atoms with Gasteiger partial charge in [0.2, 0.25) is 0 Å². The normalized spacial score (nSPS) is 17.4. The number of nitrogens with zero attached hydrogens (tertiary/aromatic N) is 1. The summed E-state index contributed by atoms with van der Waals surface area (Å²) in [6.07, 6.45) is -0.708. The molecule has 3 aromatic rings. The summed E-state index contributed by atoms with van der Waals surface area (Å²) in [5.41, 5.74) is 8.63. The second-order valence-corrected chi connectivity index (χ2v) is 9.37. The monoisotopic (exact) mass is 527 g/mol. The Morgan fingerprint density at radius 3 is 2.58 bits per heavy atom. The largest absolute Gasteiger partial charge is 0.495 e. The number of ether oxygens (including phenoxy) is 1. The molecule has 10 heteroatoms. The van der Waals surface area contributed by atoms with Gasteiger partial charge in [-0.3, -0.25) is 4.79 Å². The van der Waals surface area contributed by atoms with Crippen LogP contribution < -0.4 is 26.4 Å². The number of anilines is 2. The average Bonchev–Trinajstić information content (AvgIpc) is 3.24.